The van der Waals surface area contributed by atoms with Crippen LogP contribution in [-0.2, 0) is 21.1 Å². The van der Waals surface area contributed by atoms with Crippen molar-refractivity contribution in [2.75, 3.05) is 26.2 Å². The topological polar surface area (TPSA) is 181 Å². The molecule has 35 heavy (non-hydrogen) atoms. The van der Waals surface area contributed by atoms with Crippen LogP contribution in [0, 0.1) is 5.41 Å². The molecule has 1 aliphatic heterocycles. The van der Waals surface area contributed by atoms with Gasteiger partial charge >= 0.3 is 0 Å². The van der Waals surface area contributed by atoms with Crippen LogP contribution in [-0.4, -0.2) is 56.1 Å². The number of unbranched alkanes of at least 4 members (excludes halogenated alkanes) is 2. The van der Waals surface area contributed by atoms with Gasteiger partial charge < -0.3 is 37.9 Å². The van der Waals surface area contributed by atoms with Gasteiger partial charge in [-0.2, -0.15) is 0 Å². The van der Waals surface area contributed by atoms with Crippen LogP contribution in [0.15, 0.2) is 18.2 Å². The minimum Gasteiger partial charge on any atom is -0.492 e. The average molecular weight is 526 g/mol. The van der Waals surface area contributed by atoms with E-state index < -0.39 is 12.1 Å². The number of hydrogen-bond acceptors (Lipinski definition) is 8. The lowest BCUT2D eigenvalue weighted by Gasteiger charge is -2.16. The SMILES string of the molecule is N=C(N)NCCCC[C@@H](N)C(=O)NCCCC[C@@H](N)C(=O)NCCOc1ccc2c(c1)CSSC2. The Labute approximate surface area is 215 Å². The Hall–Kier alpha value is -2.15. The number of rotatable bonds is 16. The maximum Gasteiger partial charge on any atom is 0.237 e. The highest BCUT2D eigenvalue weighted by Crippen LogP contribution is 2.38. The number of ether oxygens (including phenoxy) is 1. The molecule has 2 atom stereocenters. The van der Waals surface area contributed by atoms with Crippen LogP contribution in [0.4, 0.5) is 0 Å². The van der Waals surface area contributed by atoms with Crippen LogP contribution in [0.25, 0.3) is 0 Å². The molecule has 2 amide bonds. The Bertz CT molecular complexity index is 828. The van der Waals surface area contributed by atoms with Crippen molar-refractivity contribution in [1.82, 2.24) is 16.0 Å². The summed E-state index contributed by atoms with van der Waals surface area (Å²) in [7, 11) is 3.72. The molecule has 1 heterocycles. The van der Waals surface area contributed by atoms with E-state index in [4.69, 9.17) is 27.3 Å². The zero-order chi connectivity index (χ0) is 25.5. The molecular formula is C23H39N7O3S2. The molecule has 0 radical (unpaired) electrons. The van der Waals surface area contributed by atoms with Crippen molar-refractivity contribution in [3.63, 3.8) is 0 Å². The van der Waals surface area contributed by atoms with Crippen molar-refractivity contribution in [1.29, 1.82) is 5.41 Å². The lowest BCUT2D eigenvalue weighted by Crippen LogP contribution is -2.42. The fourth-order valence-corrected chi connectivity index (χ4v) is 5.69. The molecule has 0 unspecified atom stereocenters. The molecule has 1 aliphatic rings. The van der Waals surface area contributed by atoms with Gasteiger partial charge in [0.05, 0.1) is 18.6 Å². The normalized spacial score (nSPS) is 14.3. The smallest absolute Gasteiger partial charge is 0.237 e. The first-order chi connectivity index (χ1) is 16.9. The maximum atomic E-state index is 12.2. The summed E-state index contributed by atoms with van der Waals surface area (Å²) < 4.78 is 5.76. The molecule has 1 aromatic rings. The summed E-state index contributed by atoms with van der Waals surface area (Å²) in [6, 6.07) is 5.02. The van der Waals surface area contributed by atoms with E-state index in [1.54, 1.807) is 0 Å². The minimum absolute atomic E-state index is 0.0576. The van der Waals surface area contributed by atoms with E-state index in [0.717, 1.165) is 42.9 Å². The van der Waals surface area contributed by atoms with Crippen LogP contribution >= 0.6 is 21.6 Å². The third-order valence-corrected chi connectivity index (χ3v) is 7.76. The summed E-state index contributed by atoms with van der Waals surface area (Å²) in [5.74, 6) is 2.40. The van der Waals surface area contributed by atoms with E-state index in [1.165, 1.54) is 11.1 Å². The molecule has 1 aromatic carbocycles. The highest BCUT2D eigenvalue weighted by atomic mass is 33.1. The van der Waals surface area contributed by atoms with Crippen molar-refractivity contribution < 1.29 is 14.3 Å². The Kier molecular flexibility index (Phi) is 13.7. The van der Waals surface area contributed by atoms with Gasteiger partial charge in [0.15, 0.2) is 5.96 Å². The second-order valence-corrected chi connectivity index (χ2v) is 10.9. The van der Waals surface area contributed by atoms with E-state index in [2.05, 4.69) is 28.1 Å². The average Bonchev–Trinajstić information content (AvgIpc) is 2.85. The van der Waals surface area contributed by atoms with E-state index >= 15 is 0 Å². The molecule has 10 N–H and O–H groups in total. The quantitative estimate of drug-likeness (QED) is 0.0721. The third-order valence-electron chi connectivity index (χ3n) is 5.53. The standard InChI is InChI=1S/C23H39N7O3S2/c24-19(6-2-4-10-30-23(26)27)21(31)28-9-3-1-5-20(25)22(32)29-11-12-33-18-8-7-16-14-34-35-15-17(16)13-18/h7-8,13,19-20H,1-6,9-12,14-15,24-25H2,(H,28,31)(H,29,32)(H4,26,27,30)/t19-,20-/m1/s1. The zero-order valence-corrected chi connectivity index (χ0v) is 21.8. The number of hydrogen-bond donors (Lipinski definition) is 7. The largest absolute Gasteiger partial charge is 0.492 e. The Morgan fingerprint density at radius 1 is 0.886 bits per heavy atom. The summed E-state index contributed by atoms with van der Waals surface area (Å²) in [6.45, 7) is 1.88. The fourth-order valence-electron chi connectivity index (χ4n) is 3.46. The summed E-state index contributed by atoms with van der Waals surface area (Å²) in [4.78, 5) is 24.2. The van der Waals surface area contributed by atoms with Crippen molar-refractivity contribution >= 4 is 39.4 Å². The van der Waals surface area contributed by atoms with Gasteiger partial charge in [0.2, 0.25) is 11.8 Å². The number of carbonyl (C=O) groups is 2. The van der Waals surface area contributed by atoms with Gasteiger partial charge in [-0.05, 0) is 61.8 Å². The predicted octanol–water partition coefficient (Wildman–Crippen LogP) is 1.17. The van der Waals surface area contributed by atoms with Crippen LogP contribution in [0.5, 0.6) is 5.75 Å². The second kappa shape index (κ2) is 16.5. The third kappa shape index (κ3) is 11.9. The number of carbonyl (C=O) groups excluding carboxylic acids is 2. The van der Waals surface area contributed by atoms with E-state index in [-0.39, 0.29) is 17.8 Å². The number of fused-ring (bicyclic) bond motifs is 1. The number of nitrogens with one attached hydrogen (secondary N) is 4. The maximum absolute atomic E-state index is 12.2. The first-order valence-corrected chi connectivity index (χ1v) is 14.5. The van der Waals surface area contributed by atoms with Gasteiger partial charge in [-0.1, -0.05) is 27.7 Å². The fraction of sp³-hybridized carbons (Fsp3) is 0.609. The summed E-state index contributed by atoms with van der Waals surface area (Å²) in [5.41, 5.74) is 19.8. The molecule has 10 nitrogen and oxygen atoms in total. The zero-order valence-electron chi connectivity index (χ0n) is 20.1. The van der Waals surface area contributed by atoms with E-state index in [9.17, 15) is 9.59 Å². The predicted molar refractivity (Wildman–Crippen MR) is 144 cm³/mol. The van der Waals surface area contributed by atoms with Gasteiger partial charge in [0.25, 0.3) is 0 Å². The van der Waals surface area contributed by atoms with E-state index in [1.807, 2.05) is 27.7 Å². The van der Waals surface area contributed by atoms with Crippen molar-refractivity contribution in [2.24, 2.45) is 17.2 Å². The van der Waals surface area contributed by atoms with Gasteiger partial charge in [-0.3, -0.25) is 15.0 Å². The second-order valence-electron chi connectivity index (χ2n) is 8.43. The molecule has 12 heteroatoms. The molecule has 196 valence electrons. The number of amides is 2. The molecule has 0 bridgehead atoms. The van der Waals surface area contributed by atoms with Gasteiger partial charge in [0, 0.05) is 24.6 Å². The van der Waals surface area contributed by atoms with Crippen LogP contribution in [0.2, 0.25) is 0 Å². The van der Waals surface area contributed by atoms with Gasteiger partial charge in [-0.25, -0.2) is 0 Å². The monoisotopic (exact) mass is 525 g/mol. The van der Waals surface area contributed by atoms with Crippen molar-refractivity contribution in [2.45, 2.75) is 62.1 Å². The highest BCUT2D eigenvalue weighted by Gasteiger charge is 2.15. The van der Waals surface area contributed by atoms with Crippen LogP contribution in [0.3, 0.4) is 0 Å². The molecule has 0 aromatic heterocycles. The van der Waals surface area contributed by atoms with Gasteiger partial charge in [0.1, 0.15) is 12.4 Å². The summed E-state index contributed by atoms with van der Waals surface area (Å²) in [5, 5.41) is 15.4. The first kappa shape index (κ1) is 29.1. The Morgan fingerprint density at radius 3 is 2.09 bits per heavy atom. The molecule has 0 saturated carbocycles. The summed E-state index contributed by atoms with van der Waals surface area (Å²) >= 11 is 0. The molecular weight excluding hydrogens is 486 g/mol. The lowest BCUT2D eigenvalue weighted by molar-refractivity contribution is -0.123. The van der Waals surface area contributed by atoms with E-state index in [0.29, 0.717) is 39.1 Å². The number of guanidine groups is 1. The molecule has 0 aliphatic carbocycles. The van der Waals surface area contributed by atoms with Crippen molar-refractivity contribution in [3.8, 4) is 5.75 Å². The van der Waals surface area contributed by atoms with Gasteiger partial charge in [-0.15, -0.1) is 0 Å². The number of benzene rings is 1. The van der Waals surface area contributed by atoms with Crippen LogP contribution in [0.1, 0.15) is 49.7 Å². The van der Waals surface area contributed by atoms with Crippen molar-refractivity contribution in [3.05, 3.63) is 29.3 Å². The lowest BCUT2D eigenvalue weighted by atomic mass is 10.1. The Morgan fingerprint density at radius 2 is 1.46 bits per heavy atom. The Balaban J connectivity index is 1.48. The molecule has 0 spiro atoms. The minimum atomic E-state index is -0.588. The summed E-state index contributed by atoms with van der Waals surface area (Å²) in [6.07, 6.45) is 4.13. The first-order valence-electron chi connectivity index (χ1n) is 12.0. The molecule has 0 fully saturated rings. The molecule has 0 saturated heterocycles. The number of nitrogens with two attached hydrogens (primary N) is 3. The molecule has 2 rings (SSSR count). The van der Waals surface area contributed by atoms with Crippen LogP contribution < -0.4 is 37.9 Å². The highest BCUT2D eigenvalue weighted by molar-refractivity contribution is 8.76.